The molecule has 0 radical (unpaired) electrons. The molecule has 0 aliphatic carbocycles. The molecule has 0 aromatic rings. The smallest absolute Gasteiger partial charge is 0.332 e. The van der Waals surface area contributed by atoms with Gasteiger partial charge in [-0.3, -0.25) is 0 Å². The van der Waals surface area contributed by atoms with Crippen LogP contribution in [0.2, 0.25) is 0 Å². The van der Waals surface area contributed by atoms with Crippen LogP contribution in [-0.2, 0) is 4.79 Å². The molecular weight excluding hydrogens is 248 g/mol. The van der Waals surface area contributed by atoms with E-state index in [4.69, 9.17) is 10.2 Å². The molecule has 6 heteroatoms. The van der Waals surface area contributed by atoms with Crippen molar-refractivity contribution in [3.63, 3.8) is 0 Å². The average Bonchev–Trinajstić information content (AvgIpc) is 2.26. The summed E-state index contributed by atoms with van der Waals surface area (Å²) in [6.45, 7) is 9.61. The lowest BCUT2D eigenvalue weighted by Crippen LogP contribution is -2.44. The molecule has 0 heterocycles. The van der Waals surface area contributed by atoms with Crippen molar-refractivity contribution in [1.82, 2.24) is 10.2 Å². The third-order valence-corrected chi connectivity index (χ3v) is 2.44. The van der Waals surface area contributed by atoms with Crippen LogP contribution in [0.1, 0.15) is 34.1 Å². The van der Waals surface area contributed by atoms with Crippen molar-refractivity contribution in [3.8, 4) is 0 Å². The van der Waals surface area contributed by atoms with E-state index in [2.05, 4.69) is 5.32 Å². The molecule has 112 valence electrons. The number of rotatable bonds is 8. The minimum Gasteiger partial charge on any atom is -0.479 e. The van der Waals surface area contributed by atoms with Gasteiger partial charge in [0.15, 0.2) is 6.10 Å². The maximum absolute atomic E-state index is 12.0. The number of nitrogens with one attached hydrogen (secondary N) is 1. The van der Waals surface area contributed by atoms with Crippen LogP contribution < -0.4 is 5.32 Å². The Morgan fingerprint density at radius 1 is 1.11 bits per heavy atom. The van der Waals surface area contributed by atoms with Crippen LogP contribution in [0.5, 0.6) is 0 Å². The zero-order valence-corrected chi connectivity index (χ0v) is 12.2. The highest BCUT2D eigenvalue weighted by atomic mass is 16.4. The normalized spacial score (nSPS) is 12.6. The van der Waals surface area contributed by atoms with E-state index in [0.717, 1.165) is 0 Å². The molecule has 0 unspecified atom stereocenters. The molecule has 6 nitrogen and oxygen atoms in total. The summed E-state index contributed by atoms with van der Waals surface area (Å²) in [5, 5.41) is 20.3. The number of carboxylic acids is 1. The van der Waals surface area contributed by atoms with Gasteiger partial charge in [-0.2, -0.15) is 0 Å². The van der Waals surface area contributed by atoms with E-state index < -0.39 is 12.1 Å². The van der Waals surface area contributed by atoms with Gasteiger partial charge < -0.3 is 20.4 Å². The molecule has 0 saturated carbocycles. The number of amides is 2. The Bertz CT molecular complexity index is 282. The molecule has 0 spiro atoms. The number of aliphatic carboxylic acids is 1. The summed E-state index contributed by atoms with van der Waals surface area (Å²) in [4.78, 5) is 24.1. The second-order valence-corrected chi connectivity index (χ2v) is 5.57. The highest BCUT2D eigenvalue weighted by molar-refractivity contribution is 5.74. The highest BCUT2D eigenvalue weighted by Gasteiger charge is 2.17. The van der Waals surface area contributed by atoms with Gasteiger partial charge in [-0.05, 0) is 11.8 Å². The number of carbonyl (C=O) groups excluding carboxylic acids is 1. The highest BCUT2D eigenvalue weighted by Crippen LogP contribution is 2.04. The summed E-state index contributed by atoms with van der Waals surface area (Å²) in [6, 6.07) is -0.208. The van der Waals surface area contributed by atoms with E-state index in [-0.39, 0.29) is 19.0 Å². The van der Waals surface area contributed by atoms with Crippen molar-refractivity contribution in [3.05, 3.63) is 0 Å². The van der Waals surface area contributed by atoms with Crippen LogP contribution >= 0.6 is 0 Å². The number of urea groups is 1. The van der Waals surface area contributed by atoms with Gasteiger partial charge in [0.1, 0.15) is 0 Å². The van der Waals surface area contributed by atoms with E-state index in [1.54, 1.807) is 4.90 Å². The van der Waals surface area contributed by atoms with Crippen molar-refractivity contribution in [2.24, 2.45) is 11.8 Å². The fourth-order valence-electron chi connectivity index (χ4n) is 1.67. The molecular formula is C13H26N2O4. The van der Waals surface area contributed by atoms with Crippen LogP contribution in [-0.4, -0.2) is 52.9 Å². The van der Waals surface area contributed by atoms with Crippen molar-refractivity contribution >= 4 is 12.0 Å². The topological polar surface area (TPSA) is 89.9 Å². The third kappa shape index (κ3) is 8.42. The second kappa shape index (κ2) is 8.74. The van der Waals surface area contributed by atoms with Gasteiger partial charge in [-0.15, -0.1) is 0 Å². The van der Waals surface area contributed by atoms with E-state index >= 15 is 0 Å². The fourth-order valence-corrected chi connectivity index (χ4v) is 1.67. The van der Waals surface area contributed by atoms with Crippen LogP contribution in [0.15, 0.2) is 0 Å². The Balaban J connectivity index is 4.20. The molecule has 0 bridgehead atoms. The first-order chi connectivity index (χ1) is 8.73. The van der Waals surface area contributed by atoms with Crippen molar-refractivity contribution in [1.29, 1.82) is 0 Å². The van der Waals surface area contributed by atoms with Crippen LogP contribution in [0.3, 0.4) is 0 Å². The molecule has 2 amide bonds. The largest absolute Gasteiger partial charge is 0.479 e. The van der Waals surface area contributed by atoms with Gasteiger partial charge in [0.05, 0.1) is 0 Å². The first-order valence-electron chi connectivity index (χ1n) is 6.67. The van der Waals surface area contributed by atoms with Crippen LogP contribution in [0.4, 0.5) is 4.79 Å². The van der Waals surface area contributed by atoms with Crippen molar-refractivity contribution in [2.45, 2.75) is 40.2 Å². The Morgan fingerprint density at radius 2 is 1.58 bits per heavy atom. The number of nitrogens with zero attached hydrogens (tertiary/aromatic N) is 1. The van der Waals surface area contributed by atoms with E-state index in [1.807, 2.05) is 27.7 Å². The Kier molecular flexibility index (Phi) is 8.14. The van der Waals surface area contributed by atoms with E-state index in [1.165, 1.54) is 0 Å². The maximum atomic E-state index is 12.0. The monoisotopic (exact) mass is 274 g/mol. The molecule has 19 heavy (non-hydrogen) atoms. The van der Waals surface area contributed by atoms with Gasteiger partial charge in [0.2, 0.25) is 0 Å². The molecule has 0 saturated heterocycles. The van der Waals surface area contributed by atoms with Gasteiger partial charge >= 0.3 is 12.0 Å². The minimum absolute atomic E-state index is 0.0122. The first-order valence-corrected chi connectivity index (χ1v) is 6.67. The summed E-state index contributed by atoms with van der Waals surface area (Å²) in [5.41, 5.74) is 0. The number of aliphatic hydroxyl groups is 1. The lowest BCUT2D eigenvalue weighted by Gasteiger charge is -2.26. The molecule has 0 aliphatic heterocycles. The maximum Gasteiger partial charge on any atom is 0.332 e. The first kappa shape index (κ1) is 17.7. The predicted molar refractivity (Wildman–Crippen MR) is 72.9 cm³/mol. The second-order valence-electron chi connectivity index (χ2n) is 5.57. The Hall–Kier alpha value is -1.30. The number of aliphatic hydroxyl groups excluding tert-OH is 1. The quantitative estimate of drug-likeness (QED) is 0.619. The molecule has 0 aromatic heterocycles. The van der Waals surface area contributed by atoms with Gasteiger partial charge in [-0.25, -0.2) is 9.59 Å². The number of hydrogen-bond donors (Lipinski definition) is 3. The summed E-state index contributed by atoms with van der Waals surface area (Å²) in [6.07, 6.45) is -1.41. The molecule has 0 aliphatic rings. The number of hydrogen-bond acceptors (Lipinski definition) is 3. The molecule has 1 atom stereocenters. The number of carbonyl (C=O) groups is 2. The summed E-state index contributed by atoms with van der Waals surface area (Å²) in [5.74, 6) is -0.529. The van der Waals surface area contributed by atoms with Gasteiger partial charge in [-0.1, -0.05) is 27.7 Å². The summed E-state index contributed by atoms with van der Waals surface area (Å²) >= 11 is 0. The number of carboxylic acid groups (broad SMARTS) is 1. The third-order valence-electron chi connectivity index (χ3n) is 2.44. The molecule has 0 fully saturated rings. The lowest BCUT2D eigenvalue weighted by atomic mass is 10.1. The molecule has 0 aromatic carbocycles. The zero-order valence-electron chi connectivity index (χ0n) is 12.2. The van der Waals surface area contributed by atoms with Gasteiger partial charge in [0, 0.05) is 26.1 Å². The van der Waals surface area contributed by atoms with Crippen molar-refractivity contribution in [2.75, 3.05) is 19.6 Å². The average molecular weight is 274 g/mol. The van der Waals surface area contributed by atoms with E-state index in [0.29, 0.717) is 24.9 Å². The Morgan fingerprint density at radius 3 is 1.95 bits per heavy atom. The predicted octanol–water partition coefficient (Wildman–Crippen LogP) is 1.15. The summed E-state index contributed by atoms with van der Waals surface area (Å²) < 4.78 is 0. The lowest BCUT2D eigenvalue weighted by molar-refractivity contribution is -0.146. The van der Waals surface area contributed by atoms with Crippen molar-refractivity contribution < 1.29 is 19.8 Å². The molecule has 3 N–H and O–H groups in total. The Labute approximate surface area is 114 Å². The zero-order chi connectivity index (χ0) is 15.0. The standard InChI is InChI=1S/C13H26N2O4/c1-9(2)7-15(8-10(3)4)13(19)14-6-5-11(16)12(17)18/h9-11,16H,5-8H2,1-4H3,(H,14,19)(H,17,18)/t11-/m0/s1. The van der Waals surface area contributed by atoms with Crippen LogP contribution in [0, 0.1) is 11.8 Å². The van der Waals surface area contributed by atoms with E-state index in [9.17, 15) is 9.59 Å². The minimum atomic E-state index is -1.43. The van der Waals surface area contributed by atoms with Crippen LogP contribution in [0.25, 0.3) is 0 Å². The molecule has 0 rings (SSSR count). The SMILES string of the molecule is CC(C)CN(CC(C)C)C(=O)NCC[C@H](O)C(=O)O. The fraction of sp³-hybridized carbons (Fsp3) is 0.846. The van der Waals surface area contributed by atoms with Gasteiger partial charge in [0.25, 0.3) is 0 Å². The summed E-state index contributed by atoms with van der Waals surface area (Å²) in [7, 11) is 0.